The first-order valence-corrected chi connectivity index (χ1v) is 9.21. The molecule has 1 fully saturated rings. The number of likely N-dealkylation sites (N-methyl/N-ethyl adjacent to an activating group) is 1. The molecule has 3 rings (SSSR count). The molecule has 1 aromatic heterocycles. The number of hydrogen-bond donors (Lipinski definition) is 0. The van der Waals surface area contributed by atoms with Crippen LogP contribution in [0.15, 0.2) is 24.3 Å². The van der Waals surface area contributed by atoms with Gasteiger partial charge in [0.15, 0.2) is 5.13 Å². The van der Waals surface area contributed by atoms with Gasteiger partial charge in [0.25, 0.3) is 5.91 Å². The number of benzene rings is 1. The summed E-state index contributed by atoms with van der Waals surface area (Å²) in [6.07, 6.45) is 1.01. The van der Waals surface area contributed by atoms with E-state index in [1.54, 1.807) is 11.9 Å². The Balaban J connectivity index is 1.77. The van der Waals surface area contributed by atoms with Crippen LogP contribution in [-0.2, 0) is 9.53 Å². The fourth-order valence-electron chi connectivity index (χ4n) is 2.88. The van der Waals surface area contributed by atoms with Crippen LogP contribution < -0.4 is 4.90 Å². The fourth-order valence-corrected chi connectivity index (χ4v) is 3.82. The lowest BCUT2D eigenvalue weighted by Gasteiger charge is -2.29. The average molecular weight is 361 g/mol. The summed E-state index contributed by atoms with van der Waals surface area (Å²) in [4.78, 5) is 33.0. The number of hydrogen-bond acceptors (Lipinski definition) is 5. The number of carbonyl (C=O) groups is 2. The summed E-state index contributed by atoms with van der Waals surface area (Å²) < 4.78 is 6.47. The van der Waals surface area contributed by atoms with Crippen molar-refractivity contribution < 1.29 is 14.3 Å². The first kappa shape index (κ1) is 17.7. The van der Waals surface area contributed by atoms with Crippen molar-refractivity contribution in [1.29, 1.82) is 0 Å². The van der Waals surface area contributed by atoms with E-state index in [9.17, 15) is 9.59 Å². The quantitative estimate of drug-likeness (QED) is 0.819. The van der Waals surface area contributed by atoms with Gasteiger partial charge in [-0.2, -0.15) is 0 Å². The highest BCUT2D eigenvalue weighted by molar-refractivity contribution is 7.22. The number of ether oxygens (including phenoxy) is 1. The van der Waals surface area contributed by atoms with E-state index in [0.29, 0.717) is 18.1 Å². The van der Waals surface area contributed by atoms with Gasteiger partial charge in [-0.25, -0.2) is 9.78 Å². The van der Waals surface area contributed by atoms with E-state index in [-0.39, 0.29) is 5.91 Å². The minimum Gasteiger partial charge on any atom is -0.444 e. The third kappa shape index (κ3) is 3.76. The SMILES string of the molecule is CN(C(=O)[C@@H]1CCCN1C(=O)OC(C)(C)C)c1nc2ccccc2s1. The van der Waals surface area contributed by atoms with Crippen LogP contribution in [0.4, 0.5) is 9.93 Å². The second kappa shape index (κ2) is 6.63. The minimum absolute atomic E-state index is 0.123. The van der Waals surface area contributed by atoms with Crippen molar-refractivity contribution in [3.63, 3.8) is 0 Å². The number of rotatable bonds is 2. The predicted molar refractivity (Wildman–Crippen MR) is 99.0 cm³/mol. The van der Waals surface area contributed by atoms with Crippen LogP contribution in [0.5, 0.6) is 0 Å². The van der Waals surface area contributed by atoms with Gasteiger partial charge < -0.3 is 4.74 Å². The van der Waals surface area contributed by atoms with Gasteiger partial charge >= 0.3 is 6.09 Å². The van der Waals surface area contributed by atoms with Crippen molar-refractivity contribution >= 4 is 38.7 Å². The highest BCUT2D eigenvalue weighted by Crippen LogP contribution is 2.30. The first-order valence-electron chi connectivity index (χ1n) is 8.39. The Morgan fingerprint density at radius 3 is 2.72 bits per heavy atom. The van der Waals surface area contributed by atoms with Gasteiger partial charge in [0.2, 0.25) is 0 Å². The van der Waals surface area contributed by atoms with Crippen LogP contribution in [0.3, 0.4) is 0 Å². The van der Waals surface area contributed by atoms with Gasteiger partial charge in [0, 0.05) is 13.6 Å². The third-order valence-corrected chi connectivity index (χ3v) is 5.18. The molecular weight excluding hydrogens is 338 g/mol. The van der Waals surface area contributed by atoms with Crippen molar-refractivity contribution in [2.75, 3.05) is 18.5 Å². The van der Waals surface area contributed by atoms with Gasteiger partial charge in [0.1, 0.15) is 11.6 Å². The maximum atomic E-state index is 12.9. The maximum absolute atomic E-state index is 12.9. The summed E-state index contributed by atoms with van der Waals surface area (Å²) in [7, 11) is 1.71. The Hall–Kier alpha value is -2.15. The Labute approximate surface area is 151 Å². The summed E-state index contributed by atoms with van der Waals surface area (Å²) in [6.45, 7) is 6.01. The molecule has 0 saturated carbocycles. The molecule has 0 N–H and O–H groups in total. The molecule has 0 aliphatic carbocycles. The number of aromatic nitrogens is 1. The summed E-state index contributed by atoms with van der Waals surface area (Å²) in [6, 6.07) is 7.29. The molecule has 0 spiro atoms. The molecule has 6 nitrogen and oxygen atoms in total. The number of thiazole rings is 1. The lowest BCUT2D eigenvalue weighted by Crippen LogP contribution is -2.48. The zero-order chi connectivity index (χ0) is 18.2. The van der Waals surface area contributed by atoms with Crippen molar-refractivity contribution in [1.82, 2.24) is 9.88 Å². The molecule has 2 aromatic rings. The van der Waals surface area contributed by atoms with Gasteiger partial charge in [-0.05, 0) is 45.7 Å². The van der Waals surface area contributed by atoms with Crippen molar-refractivity contribution in [2.24, 2.45) is 0 Å². The lowest BCUT2D eigenvalue weighted by molar-refractivity contribution is -0.122. The van der Waals surface area contributed by atoms with Crippen LogP contribution in [-0.4, -0.2) is 47.1 Å². The summed E-state index contributed by atoms with van der Waals surface area (Å²) >= 11 is 1.47. The van der Waals surface area contributed by atoms with Crippen LogP contribution in [0, 0.1) is 0 Å². The van der Waals surface area contributed by atoms with Crippen molar-refractivity contribution in [3.05, 3.63) is 24.3 Å². The van der Waals surface area contributed by atoms with E-state index in [0.717, 1.165) is 16.6 Å². The molecule has 1 aromatic carbocycles. The third-order valence-electron chi connectivity index (χ3n) is 4.07. The van der Waals surface area contributed by atoms with Crippen LogP contribution in [0.1, 0.15) is 33.6 Å². The molecule has 25 heavy (non-hydrogen) atoms. The van der Waals surface area contributed by atoms with Gasteiger partial charge in [-0.15, -0.1) is 0 Å². The molecule has 7 heteroatoms. The van der Waals surface area contributed by atoms with Crippen LogP contribution >= 0.6 is 11.3 Å². The molecule has 1 atom stereocenters. The monoisotopic (exact) mass is 361 g/mol. The van der Waals surface area contributed by atoms with E-state index in [1.807, 2.05) is 45.0 Å². The highest BCUT2D eigenvalue weighted by Gasteiger charge is 2.38. The molecule has 1 aliphatic rings. The highest BCUT2D eigenvalue weighted by atomic mass is 32.1. The lowest BCUT2D eigenvalue weighted by atomic mass is 10.2. The van der Waals surface area contributed by atoms with Crippen LogP contribution in [0.25, 0.3) is 10.2 Å². The first-order chi connectivity index (χ1) is 11.8. The Kier molecular flexibility index (Phi) is 4.69. The topological polar surface area (TPSA) is 62.7 Å². The summed E-state index contributed by atoms with van der Waals surface area (Å²) in [5, 5.41) is 0.641. The van der Waals surface area contributed by atoms with E-state index in [1.165, 1.54) is 16.2 Å². The molecule has 2 amide bonds. The van der Waals surface area contributed by atoms with E-state index >= 15 is 0 Å². The molecule has 0 radical (unpaired) electrons. The standard InChI is InChI=1S/C18H23N3O3S/c1-18(2,3)24-17(23)21-11-7-9-13(21)15(22)20(4)16-19-12-8-5-6-10-14(12)25-16/h5-6,8,10,13H,7,9,11H2,1-4H3/t13-/m0/s1. The summed E-state index contributed by atoms with van der Waals surface area (Å²) in [5.41, 5.74) is 0.296. The van der Waals surface area contributed by atoms with Gasteiger partial charge in [0.05, 0.1) is 10.2 Å². The van der Waals surface area contributed by atoms with Crippen molar-refractivity contribution in [3.8, 4) is 0 Å². The number of para-hydroxylation sites is 1. The number of nitrogens with zero attached hydrogens (tertiary/aromatic N) is 3. The Morgan fingerprint density at radius 1 is 1.32 bits per heavy atom. The largest absolute Gasteiger partial charge is 0.444 e. The minimum atomic E-state index is -0.577. The number of fused-ring (bicyclic) bond motifs is 1. The van der Waals surface area contributed by atoms with E-state index < -0.39 is 17.7 Å². The number of anilines is 1. The van der Waals surface area contributed by atoms with Gasteiger partial charge in [-0.1, -0.05) is 23.5 Å². The number of amides is 2. The van der Waals surface area contributed by atoms with Crippen molar-refractivity contribution in [2.45, 2.75) is 45.3 Å². The number of carbonyl (C=O) groups excluding carboxylic acids is 2. The smallest absolute Gasteiger partial charge is 0.410 e. The zero-order valence-electron chi connectivity index (χ0n) is 15.0. The second-order valence-corrected chi connectivity index (χ2v) is 8.20. The van der Waals surface area contributed by atoms with Gasteiger partial charge in [-0.3, -0.25) is 14.6 Å². The average Bonchev–Trinajstić information content (AvgIpc) is 3.18. The van der Waals surface area contributed by atoms with Crippen LogP contribution in [0.2, 0.25) is 0 Å². The zero-order valence-corrected chi connectivity index (χ0v) is 15.8. The fraction of sp³-hybridized carbons (Fsp3) is 0.500. The molecule has 1 saturated heterocycles. The molecule has 0 unspecified atom stereocenters. The Bertz CT molecular complexity index is 763. The predicted octanol–water partition coefficient (Wildman–Crippen LogP) is 3.66. The maximum Gasteiger partial charge on any atom is 0.410 e. The molecule has 1 aliphatic heterocycles. The number of likely N-dealkylation sites (tertiary alicyclic amines) is 1. The summed E-state index contributed by atoms with van der Waals surface area (Å²) in [5.74, 6) is -0.123. The molecule has 0 bridgehead atoms. The molecule has 134 valence electrons. The molecular formula is C18H23N3O3S. The van der Waals surface area contributed by atoms with E-state index in [2.05, 4.69) is 4.98 Å². The van der Waals surface area contributed by atoms with E-state index in [4.69, 9.17) is 4.74 Å². The normalized spacial score (nSPS) is 17.8. The molecule has 2 heterocycles. The Morgan fingerprint density at radius 2 is 2.04 bits per heavy atom. The second-order valence-electron chi connectivity index (χ2n) is 7.19.